The summed E-state index contributed by atoms with van der Waals surface area (Å²) in [4.78, 5) is 0. The third-order valence-corrected chi connectivity index (χ3v) is 1.35. The van der Waals surface area contributed by atoms with E-state index >= 15 is 0 Å². The smallest absolute Gasteiger partial charge is 0.0584 e. The maximum absolute atomic E-state index is 5.83. The minimum atomic E-state index is 0.218. The molecule has 0 bridgehead atoms. The highest BCUT2D eigenvalue weighted by Gasteiger charge is 1.98. The zero-order valence-corrected chi connectivity index (χ0v) is 6.83. The van der Waals surface area contributed by atoms with Crippen LogP contribution in [-0.2, 0) is 0 Å². The molecule has 0 aliphatic heterocycles. The minimum absolute atomic E-state index is 0.218. The van der Waals surface area contributed by atoms with Crippen LogP contribution in [0.1, 0.15) is 6.92 Å². The van der Waals surface area contributed by atoms with E-state index in [-0.39, 0.29) is 5.38 Å². The SMILES string of the molecule is CCNC[C@H](Cl)CNC. The molecule has 0 unspecified atom stereocenters. The molecule has 0 heterocycles. The van der Waals surface area contributed by atoms with E-state index in [4.69, 9.17) is 11.6 Å². The van der Waals surface area contributed by atoms with Crippen molar-refractivity contribution in [1.82, 2.24) is 10.6 Å². The Labute approximate surface area is 62.0 Å². The van der Waals surface area contributed by atoms with Gasteiger partial charge in [-0.1, -0.05) is 6.92 Å². The van der Waals surface area contributed by atoms with Crippen molar-refractivity contribution in [2.24, 2.45) is 0 Å². The van der Waals surface area contributed by atoms with E-state index in [9.17, 15) is 0 Å². The van der Waals surface area contributed by atoms with Crippen LogP contribution < -0.4 is 10.6 Å². The first kappa shape index (κ1) is 9.21. The van der Waals surface area contributed by atoms with Gasteiger partial charge in [-0.3, -0.25) is 0 Å². The topological polar surface area (TPSA) is 24.1 Å². The molecule has 0 saturated carbocycles. The third-order valence-electron chi connectivity index (χ3n) is 1.04. The zero-order valence-electron chi connectivity index (χ0n) is 6.08. The van der Waals surface area contributed by atoms with Crippen LogP contribution in [0.5, 0.6) is 0 Å². The molecule has 1 atom stereocenters. The summed E-state index contributed by atoms with van der Waals surface area (Å²) in [6, 6.07) is 0. The molecule has 0 radical (unpaired) electrons. The average molecular weight is 151 g/mol. The maximum Gasteiger partial charge on any atom is 0.0584 e. The summed E-state index contributed by atoms with van der Waals surface area (Å²) in [6.07, 6.45) is 0. The number of alkyl halides is 1. The fourth-order valence-electron chi connectivity index (χ4n) is 0.595. The summed E-state index contributed by atoms with van der Waals surface area (Å²) in [7, 11) is 1.90. The standard InChI is InChI=1S/C6H15ClN2/c1-3-9-5-6(7)4-8-2/h6,8-9H,3-5H2,1-2H3/t6-/m1/s1. The van der Waals surface area contributed by atoms with Crippen molar-refractivity contribution in [1.29, 1.82) is 0 Å². The second-order valence-electron chi connectivity index (χ2n) is 1.96. The normalized spacial score (nSPS) is 13.7. The van der Waals surface area contributed by atoms with Crippen molar-refractivity contribution >= 4 is 11.6 Å². The zero-order chi connectivity index (χ0) is 7.11. The second kappa shape index (κ2) is 6.33. The molecule has 0 aromatic rings. The molecule has 0 fully saturated rings. The van der Waals surface area contributed by atoms with Crippen molar-refractivity contribution in [3.8, 4) is 0 Å². The van der Waals surface area contributed by atoms with Gasteiger partial charge in [0.25, 0.3) is 0 Å². The highest BCUT2D eigenvalue weighted by atomic mass is 35.5. The second-order valence-corrected chi connectivity index (χ2v) is 2.58. The molecule has 0 aliphatic rings. The Morgan fingerprint density at radius 2 is 2.11 bits per heavy atom. The van der Waals surface area contributed by atoms with Crippen LogP contribution in [0.2, 0.25) is 0 Å². The average Bonchev–Trinajstić information content (AvgIpc) is 1.85. The van der Waals surface area contributed by atoms with Crippen molar-refractivity contribution in [3.63, 3.8) is 0 Å². The third kappa shape index (κ3) is 6.09. The van der Waals surface area contributed by atoms with Crippen LogP contribution in [0.4, 0.5) is 0 Å². The molecule has 56 valence electrons. The lowest BCUT2D eigenvalue weighted by Crippen LogP contribution is -2.30. The number of nitrogens with one attached hydrogen (secondary N) is 2. The van der Waals surface area contributed by atoms with Gasteiger partial charge in [-0.2, -0.15) is 0 Å². The summed E-state index contributed by atoms with van der Waals surface area (Å²) in [5.41, 5.74) is 0. The van der Waals surface area contributed by atoms with Gasteiger partial charge in [0, 0.05) is 13.1 Å². The summed E-state index contributed by atoms with van der Waals surface area (Å²) in [6.45, 7) is 4.82. The van der Waals surface area contributed by atoms with Gasteiger partial charge >= 0.3 is 0 Å². The first-order valence-corrected chi connectivity index (χ1v) is 3.74. The van der Waals surface area contributed by atoms with Gasteiger partial charge in [-0.05, 0) is 13.6 Å². The molecule has 0 aliphatic carbocycles. The Kier molecular flexibility index (Phi) is 6.48. The molecule has 0 amide bonds. The lowest BCUT2D eigenvalue weighted by Gasteiger charge is -2.07. The first-order valence-electron chi connectivity index (χ1n) is 3.30. The molecular formula is C6H15ClN2. The number of hydrogen-bond acceptors (Lipinski definition) is 2. The van der Waals surface area contributed by atoms with Gasteiger partial charge in [0.15, 0.2) is 0 Å². The summed E-state index contributed by atoms with van der Waals surface area (Å²) >= 11 is 5.83. The fourth-order valence-corrected chi connectivity index (χ4v) is 0.858. The highest BCUT2D eigenvalue weighted by molar-refractivity contribution is 6.21. The Balaban J connectivity index is 2.95. The molecule has 2 N–H and O–H groups in total. The van der Waals surface area contributed by atoms with Crippen LogP contribution in [0, 0.1) is 0 Å². The Morgan fingerprint density at radius 1 is 1.44 bits per heavy atom. The van der Waals surface area contributed by atoms with Crippen LogP contribution in [0.15, 0.2) is 0 Å². The molecule has 0 rings (SSSR count). The van der Waals surface area contributed by atoms with E-state index in [0.717, 1.165) is 19.6 Å². The number of halogens is 1. The van der Waals surface area contributed by atoms with E-state index in [0.29, 0.717) is 0 Å². The molecule has 0 saturated heterocycles. The van der Waals surface area contributed by atoms with Gasteiger partial charge in [-0.15, -0.1) is 11.6 Å². The predicted molar refractivity (Wildman–Crippen MR) is 42.1 cm³/mol. The van der Waals surface area contributed by atoms with Crippen molar-refractivity contribution in [2.45, 2.75) is 12.3 Å². The molecule has 9 heavy (non-hydrogen) atoms. The Hall–Kier alpha value is 0.210. The summed E-state index contributed by atoms with van der Waals surface area (Å²) in [5.74, 6) is 0. The molecule has 3 heteroatoms. The largest absolute Gasteiger partial charge is 0.318 e. The van der Waals surface area contributed by atoms with E-state index < -0.39 is 0 Å². The van der Waals surface area contributed by atoms with Gasteiger partial charge in [0.2, 0.25) is 0 Å². The van der Waals surface area contributed by atoms with Gasteiger partial charge in [0.05, 0.1) is 5.38 Å². The quantitative estimate of drug-likeness (QED) is 0.556. The number of hydrogen-bond donors (Lipinski definition) is 2. The monoisotopic (exact) mass is 150 g/mol. The van der Waals surface area contributed by atoms with Crippen LogP contribution in [0.3, 0.4) is 0 Å². The molecule has 0 aromatic carbocycles. The van der Waals surface area contributed by atoms with Crippen molar-refractivity contribution < 1.29 is 0 Å². The van der Waals surface area contributed by atoms with Gasteiger partial charge in [0.1, 0.15) is 0 Å². The fraction of sp³-hybridized carbons (Fsp3) is 1.00. The minimum Gasteiger partial charge on any atom is -0.318 e. The lowest BCUT2D eigenvalue weighted by atomic mass is 10.4. The summed E-state index contributed by atoms with van der Waals surface area (Å²) in [5, 5.41) is 6.38. The number of rotatable bonds is 5. The van der Waals surface area contributed by atoms with E-state index in [1.54, 1.807) is 0 Å². The Morgan fingerprint density at radius 3 is 2.56 bits per heavy atom. The Bertz CT molecular complexity index is 59.0. The van der Waals surface area contributed by atoms with E-state index in [2.05, 4.69) is 17.6 Å². The molecule has 2 nitrogen and oxygen atoms in total. The van der Waals surface area contributed by atoms with Crippen LogP contribution in [-0.4, -0.2) is 32.1 Å². The van der Waals surface area contributed by atoms with Gasteiger partial charge in [-0.25, -0.2) is 0 Å². The van der Waals surface area contributed by atoms with Crippen LogP contribution in [0.25, 0.3) is 0 Å². The lowest BCUT2D eigenvalue weighted by molar-refractivity contribution is 0.649. The van der Waals surface area contributed by atoms with Crippen molar-refractivity contribution in [3.05, 3.63) is 0 Å². The predicted octanol–water partition coefficient (Wildman–Crippen LogP) is 0.423. The highest BCUT2D eigenvalue weighted by Crippen LogP contribution is 1.89. The van der Waals surface area contributed by atoms with Gasteiger partial charge < -0.3 is 10.6 Å². The van der Waals surface area contributed by atoms with Crippen LogP contribution >= 0.6 is 11.6 Å². The first-order chi connectivity index (χ1) is 4.31. The molecule has 0 spiro atoms. The van der Waals surface area contributed by atoms with E-state index in [1.807, 2.05) is 7.05 Å². The maximum atomic E-state index is 5.83. The van der Waals surface area contributed by atoms with E-state index in [1.165, 1.54) is 0 Å². The molecule has 0 aromatic heterocycles. The summed E-state index contributed by atoms with van der Waals surface area (Å²) < 4.78 is 0. The molecular weight excluding hydrogens is 136 g/mol. The van der Waals surface area contributed by atoms with Crippen molar-refractivity contribution in [2.75, 3.05) is 26.7 Å².